The smallest absolute Gasteiger partial charge is 0.0490 e. The van der Waals surface area contributed by atoms with Crippen LogP contribution in [0.4, 0.5) is 11.4 Å². The van der Waals surface area contributed by atoms with E-state index in [1.807, 2.05) is 48.5 Å². The summed E-state index contributed by atoms with van der Waals surface area (Å²) >= 11 is 0. The van der Waals surface area contributed by atoms with Crippen molar-refractivity contribution in [3.8, 4) is 0 Å². The van der Waals surface area contributed by atoms with E-state index >= 15 is 0 Å². The zero-order valence-corrected chi connectivity index (χ0v) is 15.0. The van der Waals surface area contributed by atoms with Gasteiger partial charge in [-0.05, 0) is 43.7 Å². The molecule has 0 aromatic heterocycles. The number of anilines is 2. The van der Waals surface area contributed by atoms with Crippen LogP contribution in [-0.4, -0.2) is 0 Å². The third kappa shape index (κ3) is 5.22. The van der Waals surface area contributed by atoms with Crippen molar-refractivity contribution < 1.29 is 0 Å². The summed E-state index contributed by atoms with van der Waals surface area (Å²) in [4.78, 5) is 2.11. The maximum absolute atomic E-state index is 4.08. The first kappa shape index (κ1) is 18.3. The molecule has 3 rings (SSSR count). The van der Waals surface area contributed by atoms with Crippen LogP contribution >= 0.6 is 0 Å². The lowest BCUT2D eigenvalue weighted by atomic mass is 10.1. The van der Waals surface area contributed by atoms with Crippen molar-refractivity contribution in [2.45, 2.75) is 13.8 Å². The molecule has 0 radical (unpaired) electrons. The van der Waals surface area contributed by atoms with Gasteiger partial charge in [0.2, 0.25) is 0 Å². The molecular weight excluding hydrogens is 302 g/mol. The summed E-state index contributed by atoms with van der Waals surface area (Å²) in [6.45, 7) is 12.1. The second-order valence-corrected chi connectivity index (χ2v) is 5.81. The fourth-order valence-electron chi connectivity index (χ4n) is 2.48. The van der Waals surface area contributed by atoms with Crippen molar-refractivity contribution in [1.29, 1.82) is 0 Å². The van der Waals surface area contributed by atoms with Crippen LogP contribution in [0.3, 0.4) is 0 Å². The molecule has 0 N–H and O–H groups in total. The van der Waals surface area contributed by atoms with Gasteiger partial charge in [-0.2, -0.15) is 0 Å². The van der Waals surface area contributed by atoms with Gasteiger partial charge in [0, 0.05) is 17.1 Å². The minimum atomic E-state index is 0.871. The van der Waals surface area contributed by atoms with Gasteiger partial charge < -0.3 is 4.90 Å². The summed E-state index contributed by atoms with van der Waals surface area (Å²) in [6.07, 6.45) is 1.78. The van der Waals surface area contributed by atoms with Crippen molar-refractivity contribution in [2.24, 2.45) is 0 Å². The topological polar surface area (TPSA) is 3.24 Å². The molecule has 0 heterocycles. The number of para-hydroxylation sites is 2. The van der Waals surface area contributed by atoms with Crippen LogP contribution in [0.25, 0.3) is 0 Å². The van der Waals surface area contributed by atoms with Crippen molar-refractivity contribution >= 4 is 11.4 Å². The Morgan fingerprint density at radius 1 is 0.760 bits per heavy atom. The SMILES string of the molecule is C=CC(=C)N(c1ccccc1)c1ccccc1C.Cc1ccccc1. The van der Waals surface area contributed by atoms with Gasteiger partial charge in [-0.1, -0.05) is 85.5 Å². The minimum absolute atomic E-state index is 0.871. The summed E-state index contributed by atoms with van der Waals surface area (Å²) in [6, 6.07) is 28.7. The lowest BCUT2D eigenvalue weighted by Gasteiger charge is -2.26. The zero-order valence-electron chi connectivity index (χ0n) is 15.0. The predicted octanol–water partition coefficient (Wildman–Crippen LogP) is 6.83. The van der Waals surface area contributed by atoms with Crippen LogP contribution < -0.4 is 4.90 Å². The van der Waals surface area contributed by atoms with Gasteiger partial charge in [-0.15, -0.1) is 0 Å². The summed E-state index contributed by atoms with van der Waals surface area (Å²) < 4.78 is 0. The van der Waals surface area contributed by atoms with Crippen LogP contribution in [0.1, 0.15) is 11.1 Å². The summed E-state index contributed by atoms with van der Waals surface area (Å²) in [5.74, 6) is 0. The number of rotatable bonds is 4. The van der Waals surface area contributed by atoms with E-state index in [1.54, 1.807) is 6.08 Å². The first-order chi connectivity index (χ1) is 12.1. The molecule has 0 amide bonds. The molecule has 1 heteroatoms. The third-order valence-corrected chi connectivity index (χ3v) is 3.83. The predicted molar refractivity (Wildman–Crippen MR) is 110 cm³/mol. The molecule has 3 aromatic rings. The van der Waals surface area contributed by atoms with Gasteiger partial charge in [0.05, 0.1) is 0 Å². The number of aryl methyl sites for hydroxylation is 2. The normalized spacial score (nSPS) is 9.52. The molecule has 0 saturated carbocycles. The van der Waals surface area contributed by atoms with Crippen molar-refractivity contribution in [3.05, 3.63) is 121 Å². The van der Waals surface area contributed by atoms with Gasteiger partial charge in [-0.3, -0.25) is 0 Å². The molecule has 0 aliphatic heterocycles. The van der Waals surface area contributed by atoms with Gasteiger partial charge in [0.1, 0.15) is 0 Å². The Morgan fingerprint density at radius 3 is 1.76 bits per heavy atom. The minimum Gasteiger partial charge on any atom is -0.311 e. The molecule has 0 aliphatic rings. The third-order valence-electron chi connectivity index (χ3n) is 3.83. The van der Waals surface area contributed by atoms with E-state index in [2.05, 4.69) is 68.3 Å². The summed E-state index contributed by atoms with van der Waals surface area (Å²) in [7, 11) is 0. The Bertz CT molecular complexity index is 804. The summed E-state index contributed by atoms with van der Waals surface area (Å²) in [5, 5.41) is 0. The highest BCUT2D eigenvalue weighted by molar-refractivity contribution is 5.71. The highest BCUT2D eigenvalue weighted by Crippen LogP contribution is 2.31. The molecular formula is C24H25N. The van der Waals surface area contributed by atoms with Crippen LogP contribution in [-0.2, 0) is 0 Å². The van der Waals surface area contributed by atoms with E-state index in [1.165, 1.54) is 11.1 Å². The molecule has 1 nitrogen and oxygen atoms in total. The Morgan fingerprint density at radius 2 is 1.28 bits per heavy atom. The second-order valence-electron chi connectivity index (χ2n) is 5.81. The van der Waals surface area contributed by atoms with E-state index in [0.717, 1.165) is 17.1 Å². The molecule has 0 fully saturated rings. The average molecular weight is 327 g/mol. The molecule has 25 heavy (non-hydrogen) atoms. The highest BCUT2D eigenvalue weighted by atomic mass is 15.1. The molecule has 126 valence electrons. The monoisotopic (exact) mass is 327 g/mol. The molecule has 0 saturated heterocycles. The van der Waals surface area contributed by atoms with Crippen LogP contribution in [0, 0.1) is 13.8 Å². The number of hydrogen-bond donors (Lipinski definition) is 0. The highest BCUT2D eigenvalue weighted by Gasteiger charge is 2.12. The van der Waals surface area contributed by atoms with Crippen LogP contribution in [0.15, 0.2) is 110 Å². The molecule has 0 spiro atoms. The largest absolute Gasteiger partial charge is 0.311 e. The zero-order chi connectivity index (χ0) is 18.1. The lowest BCUT2D eigenvalue weighted by molar-refractivity contribution is 1.20. The maximum Gasteiger partial charge on any atom is 0.0490 e. The Hall–Kier alpha value is -3.06. The summed E-state index contributed by atoms with van der Waals surface area (Å²) in [5.41, 5.74) is 5.63. The van der Waals surface area contributed by atoms with Crippen molar-refractivity contribution in [1.82, 2.24) is 0 Å². The van der Waals surface area contributed by atoms with E-state index < -0.39 is 0 Å². The number of hydrogen-bond acceptors (Lipinski definition) is 1. The number of benzene rings is 3. The van der Waals surface area contributed by atoms with E-state index in [-0.39, 0.29) is 0 Å². The van der Waals surface area contributed by atoms with Gasteiger partial charge in [-0.25, -0.2) is 0 Å². The maximum atomic E-state index is 4.08. The molecule has 3 aromatic carbocycles. The van der Waals surface area contributed by atoms with Crippen molar-refractivity contribution in [2.75, 3.05) is 4.90 Å². The van der Waals surface area contributed by atoms with Gasteiger partial charge in [0.25, 0.3) is 0 Å². The Balaban J connectivity index is 0.000000269. The lowest BCUT2D eigenvalue weighted by Crippen LogP contribution is -2.15. The fraction of sp³-hybridized carbons (Fsp3) is 0.0833. The Labute approximate surface area is 151 Å². The fourth-order valence-corrected chi connectivity index (χ4v) is 2.48. The first-order valence-electron chi connectivity index (χ1n) is 8.37. The second kappa shape index (κ2) is 9.29. The van der Waals surface area contributed by atoms with E-state index in [4.69, 9.17) is 0 Å². The Kier molecular flexibility index (Phi) is 6.79. The first-order valence-corrected chi connectivity index (χ1v) is 8.37. The molecule has 0 aliphatic carbocycles. The van der Waals surface area contributed by atoms with Crippen molar-refractivity contribution in [3.63, 3.8) is 0 Å². The van der Waals surface area contributed by atoms with E-state index in [0.29, 0.717) is 0 Å². The molecule has 0 unspecified atom stereocenters. The number of allylic oxidation sites excluding steroid dienone is 1. The standard InChI is InChI=1S/C17H17N.C7H8/c1-4-15(3)18(16-11-6-5-7-12-16)17-13-9-8-10-14(17)2;1-7-5-3-2-4-6-7/h4-13H,1,3H2,2H3;2-6H,1H3. The van der Waals surface area contributed by atoms with Gasteiger partial charge in [0.15, 0.2) is 0 Å². The van der Waals surface area contributed by atoms with E-state index in [9.17, 15) is 0 Å². The van der Waals surface area contributed by atoms with Crippen LogP contribution in [0.5, 0.6) is 0 Å². The average Bonchev–Trinajstić information content (AvgIpc) is 2.65. The number of nitrogens with zero attached hydrogens (tertiary/aromatic N) is 1. The quantitative estimate of drug-likeness (QED) is 0.475. The molecule has 0 bridgehead atoms. The van der Waals surface area contributed by atoms with Gasteiger partial charge >= 0.3 is 0 Å². The molecule has 0 atom stereocenters. The van der Waals surface area contributed by atoms with Crippen LogP contribution in [0.2, 0.25) is 0 Å².